The van der Waals surface area contributed by atoms with Gasteiger partial charge in [0.1, 0.15) is 5.82 Å². The molecule has 0 saturated heterocycles. The third-order valence-corrected chi connectivity index (χ3v) is 5.56. The summed E-state index contributed by atoms with van der Waals surface area (Å²) in [6.07, 6.45) is 5.02. The van der Waals surface area contributed by atoms with E-state index < -0.39 is 0 Å². The van der Waals surface area contributed by atoms with E-state index in [0.29, 0.717) is 12.5 Å². The normalized spacial score (nSPS) is 20.5. The van der Waals surface area contributed by atoms with Gasteiger partial charge in [-0.05, 0) is 73.1 Å². The molecule has 2 aliphatic carbocycles. The average Bonchev–Trinajstić information content (AvgIpc) is 3.30. The van der Waals surface area contributed by atoms with Crippen LogP contribution in [0.4, 0.5) is 4.39 Å². The monoisotopic (exact) mass is 324 g/mol. The molecule has 1 unspecified atom stereocenters. The fourth-order valence-electron chi connectivity index (χ4n) is 3.84. The Labute approximate surface area is 141 Å². The molecule has 124 valence electrons. The third-order valence-electron chi connectivity index (χ3n) is 5.56. The second-order valence-corrected chi connectivity index (χ2v) is 7.15. The Kier molecular flexibility index (Phi) is 3.63. The molecule has 0 radical (unpaired) electrons. The number of benzene rings is 1. The number of hydrogen-bond acceptors (Lipinski definition) is 2. The number of carbonyl (C=O) groups excluding carboxylic acids is 1. The molecule has 0 aliphatic heterocycles. The quantitative estimate of drug-likeness (QED) is 0.852. The maximum atomic E-state index is 13.3. The summed E-state index contributed by atoms with van der Waals surface area (Å²) < 4.78 is 13.3. The fraction of sp³-hybridized carbons (Fsp3) is 0.400. The summed E-state index contributed by atoms with van der Waals surface area (Å²) in [5, 5.41) is 2.83. The molecule has 1 aromatic carbocycles. The van der Waals surface area contributed by atoms with Gasteiger partial charge in [0.2, 0.25) is 6.41 Å². The predicted octanol–water partition coefficient (Wildman–Crippen LogP) is 3.72. The van der Waals surface area contributed by atoms with Crippen LogP contribution in [0.3, 0.4) is 0 Å². The Morgan fingerprint density at radius 1 is 1.33 bits per heavy atom. The lowest BCUT2D eigenvalue weighted by atomic mass is 9.93. The van der Waals surface area contributed by atoms with Crippen molar-refractivity contribution in [1.82, 2.24) is 10.3 Å². The molecule has 2 aliphatic rings. The molecule has 1 N–H and O–H groups in total. The minimum atomic E-state index is -0.228. The van der Waals surface area contributed by atoms with Gasteiger partial charge in [-0.2, -0.15) is 0 Å². The Morgan fingerprint density at radius 2 is 2.08 bits per heavy atom. The van der Waals surface area contributed by atoms with E-state index in [1.54, 1.807) is 0 Å². The van der Waals surface area contributed by atoms with Crippen molar-refractivity contribution in [2.24, 2.45) is 0 Å². The van der Waals surface area contributed by atoms with Gasteiger partial charge in [0, 0.05) is 23.2 Å². The lowest BCUT2D eigenvalue weighted by Crippen LogP contribution is -2.27. The highest BCUT2D eigenvalue weighted by Gasteiger charge is 2.46. The summed E-state index contributed by atoms with van der Waals surface area (Å²) in [5.41, 5.74) is 5.69. The standard InChI is InChI=1S/C20H21FN2O/c1-13-2-7-16-17(13)10-18(20(8-9-20)11-22-12-24)23-19(16)14-3-5-15(21)6-4-14/h3-6,10,12-13H,2,7-9,11H2,1H3,(H,22,24). The molecule has 0 spiro atoms. The van der Waals surface area contributed by atoms with Crippen molar-refractivity contribution in [2.75, 3.05) is 6.54 Å². The summed E-state index contributed by atoms with van der Waals surface area (Å²) >= 11 is 0. The lowest BCUT2D eigenvalue weighted by Gasteiger charge is -2.19. The van der Waals surface area contributed by atoms with Gasteiger partial charge in [0.15, 0.2) is 0 Å². The number of fused-ring (bicyclic) bond motifs is 1. The van der Waals surface area contributed by atoms with Crippen LogP contribution in [0.1, 0.15) is 48.9 Å². The van der Waals surface area contributed by atoms with Crippen LogP contribution in [-0.2, 0) is 16.6 Å². The zero-order chi connectivity index (χ0) is 16.7. The van der Waals surface area contributed by atoms with Gasteiger partial charge in [-0.1, -0.05) is 6.92 Å². The van der Waals surface area contributed by atoms with Gasteiger partial charge in [-0.3, -0.25) is 9.78 Å². The zero-order valence-electron chi connectivity index (χ0n) is 13.8. The zero-order valence-corrected chi connectivity index (χ0v) is 13.8. The van der Waals surface area contributed by atoms with Crippen LogP contribution in [0.25, 0.3) is 11.3 Å². The first-order valence-electron chi connectivity index (χ1n) is 8.60. The van der Waals surface area contributed by atoms with E-state index >= 15 is 0 Å². The van der Waals surface area contributed by atoms with Crippen LogP contribution in [0.15, 0.2) is 30.3 Å². The maximum Gasteiger partial charge on any atom is 0.207 e. The molecular weight excluding hydrogens is 303 g/mol. The molecule has 1 fully saturated rings. The van der Waals surface area contributed by atoms with E-state index in [1.807, 2.05) is 12.1 Å². The van der Waals surface area contributed by atoms with Crippen molar-refractivity contribution in [1.29, 1.82) is 0 Å². The van der Waals surface area contributed by atoms with Crippen LogP contribution in [-0.4, -0.2) is 17.9 Å². The largest absolute Gasteiger partial charge is 0.358 e. The second-order valence-electron chi connectivity index (χ2n) is 7.15. The summed E-state index contributed by atoms with van der Waals surface area (Å²) in [5.74, 6) is 0.296. The molecule has 1 atom stereocenters. The van der Waals surface area contributed by atoms with Crippen molar-refractivity contribution in [2.45, 2.75) is 43.9 Å². The number of nitrogens with zero attached hydrogens (tertiary/aromatic N) is 1. The lowest BCUT2D eigenvalue weighted by molar-refractivity contribution is -0.109. The minimum absolute atomic E-state index is 0.0208. The first kappa shape index (κ1) is 15.3. The van der Waals surface area contributed by atoms with E-state index in [4.69, 9.17) is 4.98 Å². The van der Waals surface area contributed by atoms with Gasteiger partial charge < -0.3 is 5.32 Å². The summed E-state index contributed by atoms with van der Waals surface area (Å²) in [6.45, 7) is 2.90. The highest BCUT2D eigenvalue weighted by atomic mass is 19.1. The molecule has 1 saturated carbocycles. The topological polar surface area (TPSA) is 42.0 Å². The predicted molar refractivity (Wildman–Crippen MR) is 91.3 cm³/mol. The fourth-order valence-corrected chi connectivity index (χ4v) is 3.84. The first-order chi connectivity index (χ1) is 11.6. The van der Waals surface area contributed by atoms with Gasteiger partial charge >= 0.3 is 0 Å². The van der Waals surface area contributed by atoms with E-state index in [9.17, 15) is 9.18 Å². The first-order valence-corrected chi connectivity index (χ1v) is 8.60. The molecule has 3 nitrogen and oxygen atoms in total. The van der Waals surface area contributed by atoms with Crippen molar-refractivity contribution in [3.63, 3.8) is 0 Å². The molecular formula is C20H21FN2O. The molecule has 1 heterocycles. The third kappa shape index (κ3) is 2.50. The smallest absolute Gasteiger partial charge is 0.207 e. The summed E-state index contributed by atoms with van der Waals surface area (Å²) in [4.78, 5) is 15.7. The minimum Gasteiger partial charge on any atom is -0.358 e. The molecule has 1 aromatic heterocycles. The number of rotatable bonds is 5. The van der Waals surface area contributed by atoms with E-state index in [2.05, 4.69) is 18.3 Å². The average molecular weight is 324 g/mol. The Balaban J connectivity index is 1.83. The number of halogens is 1. The molecule has 4 heteroatoms. The van der Waals surface area contributed by atoms with Crippen molar-refractivity contribution in [3.05, 3.63) is 53.0 Å². The number of aromatic nitrogens is 1. The molecule has 2 aromatic rings. The van der Waals surface area contributed by atoms with E-state index in [0.717, 1.165) is 49.0 Å². The Morgan fingerprint density at radius 3 is 2.75 bits per heavy atom. The molecule has 1 amide bonds. The second kappa shape index (κ2) is 5.69. The van der Waals surface area contributed by atoms with Crippen LogP contribution < -0.4 is 5.32 Å². The molecule has 24 heavy (non-hydrogen) atoms. The molecule has 0 bridgehead atoms. The number of amides is 1. The van der Waals surface area contributed by atoms with Crippen LogP contribution in [0, 0.1) is 5.82 Å². The van der Waals surface area contributed by atoms with E-state index in [-0.39, 0.29) is 11.2 Å². The highest BCUT2D eigenvalue weighted by Crippen LogP contribution is 2.49. The van der Waals surface area contributed by atoms with Crippen LogP contribution in [0.2, 0.25) is 0 Å². The van der Waals surface area contributed by atoms with Crippen LogP contribution in [0.5, 0.6) is 0 Å². The van der Waals surface area contributed by atoms with Crippen molar-refractivity contribution in [3.8, 4) is 11.3 Å². The molecule has 4 rings (SSSR count). The van der Waals surface area contributed by atoms with Gasteiger partial charge in [-0.15, -0.1) is 0 Å². The van der Waals surface area contributed by atoms with Crippen molar-refractivity contribution < 1.29 is 9.18 Å². The SMILES string of the molecule is CC1CCc2c1cc(C1(CNC=O)CC1)nc2-c1ccc(F)cc1. The Hall–Kier alpha value is -2.23. The highest BCUT2D eigenvalue weighted by molar-refractivity contribution is 5.67. The summed E-state index contributed by atoms with van der Waals surface area (Å²) in [7, 11) is 0. The maximum absolute atomic E-state index is 13.3. The Bertz CT molecular complexity index is 781. The number of hydrogen-bond donors (Lipinski definition) is 1. The van der Waals surface area contributed by atoms with E-state index in [1.165, 1.54) is 23.3 Å². The van der Waals surface area contributed by atoms with Gasteiger partial charge in [0.05, 0.1) is 5.69 Å². The van der Waals surface area contributed by atoms with Gasteiger partial charge in [0.25, 0.3) is 0 Å². The van der Waals surface area contributed by atoms with Crippen molar-refractivity contribution >= 4 is 6.41 Å². The number of nitrogens with one attached hydrogen (secondary N) is 1. The number of pyridine rings is 1. The number of carbonyl (C=O) groups is 1. The van der Waals surface area contributed by atoms with Crippen LogP contribution >= 0.6 is 0 Å². The van der Waals surface area contributed by atoms with Gasteiger partial charge in [-0.25, -0.2) is 4.39 Å². The summed E-state index contributed by atoms with van der Waals surface area (Å²) in [6, 6.07) is 8.87.